The zero-order valence-electron chi connectivity index (χ0n) is 11.5. The van der Waals surface area contributed by atoms with Crippen molar-refractivity contribution in [3.05, 3.63) is 29.6 Å². The van der Waals surface area contributed by atoms with E-state index in [0.29, 0.717) is 6.04 Å². The number of nitrogens with zero attached hydrogens (tertiary/aromatic N) is 1. The number of benzene rings is 1. The van der Waals surface area contributed by atoms with Gasteiger partial charge in [0.05, 0.1) is 5.69 Å². The topological polar surface area (TPSA) is 15.3 Å². The molecule has 20 heavy (non-hydrogen) atoms. The van der Waals surface area contributed by atoms with Crippen LogP contribution in [0, 0.1) is 17.5 Å². The zero-order chi connectivity index (χ0) is 14.3. The van der Waals surface area contributed by atoms with E-state index in [1.165, 1.54) is 6.07 Å². The lowest BCUT2D eigenvalue weighted by Gasteiger charge is -2.50. The molecular formula is C15H19F3N2. The van der Waals surface area contributed by atoms with Crippen molar-refractivity contribution in [2.75, 3.05) is 11.9 Å². The SMILES string of the molecule is CNC1CC2CCCC(C1)N2c1ccc(F)c(F)c1F. The van der Waals surface area contributed by atoms with Gasteiger partial charge in [0.15, 0.2) is 17.5 Å². The Bertz CT molecular complexity index is 492. The van der Waals surface area contributed by atoms with E-state index in [1.54, 1.807) is 0 Å². The van der Waals surface area contributed by atoms with Gasteiger partial charge in [0.1, 0.15) is 0 Å². The highest BCUT2D eigenvalue weighted by Crippen LogP contribution is 2.39. The lowest BCUT2D eigenvalue weighted by atomic mass is 9.81. The maximum atomic E-state index is 14.1. The number of halogens is 3. The van der Waals surface area contributed by atoms with Gasteiger partial charge in [0.2, 0.25) is 0 Å². The summed E-state index contributed by atoms with van der Waals surface area (Å²) in [7, 11) is 1.94. The van der Waals surface area contributed by atoms with Crippen molar-refractivity contribution in [3.63, 3.8) is 0 Å². The Morgan fingerprint density at radius 1 is 1.05 bits per heavy atom. The van der Waals surface area contributed by atoms with Gasteiger partial charge < -0.3 is 10.2 Å². The number of piperidine rings is 2. The lowest BCUT2D eigenvalue weighted by Crippen LogP contribution is -2.56. The van der Waals surface area contributed by atoms with Crippen LogP contribution in [0.3, 0.4) is 0 Å². The highest BCUT2D eigenvalue weighted by Gasteiger charge is 2.39. The smallest absolute Gasteiger partial charge is 0.196 e. The van der Waals surface area contributed by atoms with E-state index in [9.17, 15) is 13.2 Å². The number of hydrogen-bond acceptors (Lipinski definition) is 2. The van der Waals surface area contributed by atoms with Crippen LogP contribution in [-0.2, 0) is 0 Å². The molecular weight excluding hydrogens is 265 g/mol. The summed E-state index contributed by atoms with van der Waals surface area (Å²) >= 11 is 0. The van der Waals surface area contributed by atoms with Crippen LogP contribution in [0.4, 0.5) is 18.9 Å². The molecule has 1 N–H and O–H groups in total. The number of nitrogens with one attached hydrogen (secondary N) is 1. The van der Waals surface area contributed by atoms with Gasteiger partial charge >= 0.3 is 0 Å². The first-order chi connectivity index (χ1) is 9.61. The first-order valence-corrected chi connectivity index (χ1v) is 7.21. The summed E-state index contributed by atoms with van der Waals surface area (Å²) in [4.78, 5) is 1.98. The molecule has 2 nitrogen and oxygen atoms in total. The minimum Gasteiger partial charge on any atom is -0.363 e. The molecule has 0 amide bonds. The molecule has 0 spiro atoms. The quantitative estimate of drug-likeness (QED) is 0.839. The Labute approximate surface area is 117 Å². The van der Waals surface area contributed by atoms with E-state index in [4.69, 9.17) is 0 Å². The molecule has 2 heterocycles. The predicted octanol–water partition coefficient (Wildman–Crippen LogP) is 3.21. The summed E-state index contributed by atoms with van der Waals surface area (Å²) in [5.41, 5.74) is 0.216. The number of hydrogen-bond donors (Lipinski definition) is 1. The highest BCUT2D eigenvalue weighted by molar-refractivity contribution is 5.51. The van der Waals surface area contributed by atoms with Crippen molar-refractivity contribution in [2.45, 2.75) is 50.2 Å². The van der Waals surface area contributed by atoms with Crippen LogP contribution >= 0.6 is 0 Å². The summed E-state index contributed by atoms with van der Waals surface area (Å²) in [5, 5.41) is 3.29. The van der Waals surface area contributed by atoms with Gasteiger partial charge in [-0.25, -0.2) is 13.2 Å². The summed E-state index contributed by atoms with van der Waals surface area (Å²) < 4.78 is 40.6. The summed E-state index contributed by atoms with van der Waals surface area (Å²) in [6, 6.07) is 3.24. The molecule has 1 aromatic rings. The Kier molecular flexibility index (Phi) is 3.63. The zero-order valence-corrected chi connectivity index (χ0v) is 11.5. The van der Waals surface area contributed by atoms with Crippen LogP contribution < -0.4 is 10.2 Å². The number of rotatable bonds is 2. The third-order valence-corrected chi connectivity index (χ3v) is 4.68. The van der Waals surface area contributed by atoms with E-state index < -0.39 is 17.5 Å². The Balaban J connectivity index is 1.96. The molecule has 2 unspecified atom stereocenters. The molecule has 2 atom stereocenters. The molecule has 2 bridgehead atoms. The third-order valence-electron chi connectivity index (χ3n) is 4.68. The van der Waals surface area contributed by atoms with Crippen molar-refractivity contribution < 1.29 is 13.2 Å². The molecule has 2 aliphatic heterocycles. The fraction of sp³-hybridized carbons (Fsp3) is 0.600. The molecule has 0 radical (unpaired) electrons. The molecule has 1 aromatic carbocycles. The van der Waals surface area contributed by atoms with Crippen molar-refractivity contribution in [2.24, 2.45) is 0 Å². The standard InChI is InChI=1S/C15H19F3N2/c1-19-9-7-10-3-2-4-11(8-9)20(10)13-6-5-12(16)14(17)15(13)18/h5-6,9-11,19H,2-4,7-8H2,1H3. The molecule has 5 heteroatoms. The molecule has 2 fully saturated rings. The second-order valence-corrected chi connectivity index (χ2v) is 5.80. The highest BCUT2D eigenvalue weighted by atomic mass is 19.2. The summed E-state index contributed by atoms with van der Waals surface area (Å²) in [6.45, 7) is 0. The van der Waals surface area contributed by atoms with Crippen LogP contribution in [0.15, 0.2) is 12.1 Å². The van der Waals surface area contributed by atoms with Gasteiger partial charge in [0.25, 0.3) is 0 Å². The van der Waals surface area contributed by atoms with Crippen molar-refractivity contribution in [1.29, 1.82) is 0 Å². The Hall–Kier alpha value is -1.23. The number of anilines is 1. The van der Waals surface area contributed by atoms with Crippen LogP contribution in [-0.4, -0.2) is 25.2 Å². The largest absolute Gasteiger partial charge is 0.363 e. The van der Waals surface area contributed by atoms with Gasteiger partial charge in [-0.2, -0.15) is 0 Å². The van der Waals surface area contributed by atoms with Crippen LogP contribution in [0.1, 0.15) is 32.1 Å². The van der Waals surface area contributed by atoms with E-state index in [2.05, 4.69) is 5.32 Å². The fourth-order valence-electron chi connectivity index (χ4n) is 3.73. The normalized spacial score (nSPS) is 29.6. The first kappa shape index (κ1) is 13.7. The summed E-state index contributed by atoms with van der Waals surface area (Å²) in [6.07, 6.45) is 4.92. The van der Waals surface area contributed by atoms with Crippen LogP contribution in [0.5, 0.6) is 0 Å². The molecule has 0 saturated carbocycles. The maximum absolute atomic E-state index is 14.1. The molecule has 2 aliphatic rings. The van der Waals surface area contributed by atoms with Gasteiger partial charge in [-0.3, -0.25) is 0 Å². The van der Waals surface area contributed by atoms with Crippen LogP contribution in [0.2, 0.25) is 0 Å². The van der Waals surface area contributed by atoms with E-state index in [-0.39, 0.29) is 17.8 Å². The minimum absolute atomic E-state index is 0.208. The maximum Gasteiger partial charge on any atom is 0.196 e. The van der Waals surface area contributed by atoms with Gasteiger partial charge in [-0.15, -0.1) is 0 Å². The van der Waals surface area contributed by atoms with Crippen molar-refractivity contribution in [1.82, 2.24) is 5.32 Å². The number of fused-ring (bicyclic) bond motifs is 2. The average Bonchev–Trinajstić information content (AvgIpc) is 2.44. The van der Waals surface area contributed by atoms with Crippen molar-refractivity contribution in [3.8, 4) is 0 Å². The fourth-order valence-corrected chi connectivity index (χ4v) is 3.73. The second kappa shape index (κ2) is 5.28. The first-order valence-electron chi connectivity index (χ1n) is 7.21. The van der Waals surface area contributed by atoms with Crippen LogP contribution in [0.25, 0.3) is 0 Å². The van der Waals surface area contributed by atoms with Gasteiger partial charge in [0, 0.05) is 18.1 Å². The minimum atomic E-state index is -1.36. The molecule has 2 saturated heterocycles. The van der Waals surface area contributed by atoms with Gasteiger partial charge in [-0.1, -0.05) is 0 Å². The molecule has 3 rings (SSSR count). The van der Waals surface area contributed by atoms with E-state index in [0.717, 1.165) is 38.2 Å². The lowest BCUT2D eigenvalue weighted by molar-refractivity contribution is 0.249. The van der Waals surface area contributed by atoms with E-state index >= 15 is 0 Å². The predicted molar refractivity (Wildman–Crippen MR) is 72.3 cm³/mol. The second-order valence-electron chi connectivity index (χ2n) is 5.80. The summed E-state index contributed by atoms with van der Waals surface area (Å²) in [5.74, 6) is -3.54. The third kappa shape index (κ3) is 2.18. The van der Waals surface area contributed by atoms with Crippen molar-refractivity contribution >= 4 is 5.69 Å². The molecule has 0 aliphatic carbocycles. The molecule has 110 valence electrons. The Morgan fingerprint density at radius 3 is 2.30 bits per heavy atom. The monoisotopic (exact) mass is 284 g/mol. The molecule has 0 aromatic heterocycles. The Morgan fingerprint density at radius 2 is 1.70 bits per heavy atom. The average molecular weight is 284 g/mol. The van der Waals surface area contributed by atoms with E-state index in [1.807, 2.05) is 11.9 Å². The van der Waals surface area contributed by atoms with Gasteiger partial charge in [-0.05, 0) is 51.3 Å².